The van der Waals surface area contributed by atoms with Gasteiger partial charge in [0.15, 0.2) is 0 Å². The fourth-order valence-corrected chi connectivity index (χ4v) is 3.53. The van der Waals surface area contributed by atoms with E-state index in [-0.39, 0.29) is 10.9 Å². The fourth-order valence-electron chi connectivity index (χ4n) is 3.35. The minimum Gasteiger partial charge on any atom is -0.369 e. The van der Waals surface area contributed by atoms with Crippen LogP contribution in [0.4, 0.5) is 21.8 Å². The molecule has 31 heavy (non-hydrogen) atoms. The molecule has 3 heterocycles. The first-order chi connectivity index (χ1) is 15.1. The number of rotatable bonds is 8. The molecule has 0 unspecified atom stereocenters. The van der Waals surface area contributed by atoms with Crippen molar-refractivity contribution < 1.29 is 9.18 Å². The van der Waals surface area contributed by atoms with Gasteiger partial charge in [-0.25, -0.2) is 19.3 Å². The van der Waals surface area contributed by atoms with Crippen LogP contribution < -0.4 is 10.6 Å². The number of amides is 1. The highest BCUT2D eigenvalue weighted by Gasteiger charge is 2.19. The lowest BCUT2D eigenvalue weighted by atomic mass is 10.1. The van der Waals surface area contributed by atoms with Gasteiger partial charge in [0, 0.05) is 61.5 Å². The first-order valence-corrected chi connectivity index (χ1v) is 10.3. The van der Waals surface area contributed by atoms with Crippen LogP contribution in [0.25, 0.3) is 11.1 Å². The third kappa shape index (κ3) is 5.24. The summed E-state index contributed by atoms with van der Waals surface area (Å²) in [6.07, 6.45) is 8.86. The molecule has 1 fully saturated rings. The Morgan fingerprint density at radius 1 is 1.19 bits per heavy atom. The van der Waals surface area contributed by atoms with Crippen LogP contribution in [-0.2, 0) is 4.79 Å². The summed E-state index contributed by atoms with van der Waals surface area (Å²) >= 11 is 5.86. The third-order valence-electron chi connectivity index (χ3n) is 4.90. The first-order valence-electron chi connectivity index (χ1n) is 9.96. The van der Waals surface area contributed by atoms with Crippen LogP contribution in [0.2, 0.25) is 5.02 Å². The highest BCUT2D eigenvalue weighted by atomic mass is 35.5. The van der Waals surface area contributed by atoms with Crippen LogP contribution >= 0.6 is 11.6 Å². The van der Waals surface area contributed by atoms with Gasteiger partial charge in [0.25, 0.3) is 0 Å². The molecule has 1 amide bonds. The van der Waals surface area contributed by atoms with E-state index in [2.05, 4.69) is 30.6 Å². The molecule has 1 aromatic carbocycles. The number of carbonyl (C=O) groups excluding carboxylic acids is 1. The number of aromatic nitrogens is 4. The molecule has 0 aliphatic carbocycles. The van der Waals surface area contributed by atoms with Gasteiger partial charge < -0.3 is 15.5 Å². The quantitative estimate of drug-likeness (QED) is 0.512. The van der Waals surface area contributed by atoms with Gasteiger partial charge in [-0.15, -0.1) is 0 Å². The maximum atomic E-state index is 13.4. The summed E-state index contributed by atoms with van der Waals surface area (Å²) in [5, 5.41) is 6.37. The van der Waals surface area contributed by atoms with E-state index in [9.17, 15) is 9.18 Å². The van der Waals surface area contributed by atoms with Crippen LogP contribution in [0.5, 0.6) is 0 Å². The number of halogens is 2. The molecular formula is C21H21ClFN7O. The standard InChI is InChI=1S/C21H21ClFN7O/c22-17-9-15(4-5-18(17)23)28-21-27-12-16(14-10-24-13-25-11-14)20(29-21)26-6-2-8-30-7-1-3-19(30)31/h4-5,9-13H,1-3,6-8H2,(H2,26,27,28,29). The Morgan fingerprint density at radius 3 is 2.77 bits per heavy atom. The lowest BCUT2D eigenvalue weighted by Gasteiger charge is -2.16. The SMILES string of the molecule is O=C1CCCN1CCCNc1nc(Nc2ccc(F)c(Cl)c2)ncc1-c1cncnc1. The number of benzene rings is 1. The van der Waals surface area contributed by atoms with Crippen molar-refractivity contribution in [1.82, 2.24) is 24.8 Å². The number of hydrogen-bond donors (Lipinski definition) is 2. The number of likely N-dealkylation sites (tertiary alicyclic amines) is 1. The molecule has 10 heteroatoms. The number of carbonyl (C=O) groups is 1. The van der Waals surface area contributed by atoms with Crippen LogP contribution in [0.3, 0.4) is 0 Å². The lowest BCUT2D eigenvalue weighted by Crippen LogP contribution is -2.27. The van der Waals surface area contributed by atoms with Crippen LogP contribution in [-0.4, -0.2) is 50.4 Å². The summed E-state index contributed by atoms with van der Waals surface area (Å²) in [6.45, 7) is 2.16. The Kier molecular flexibility index (Phi) is 6.51. The molecule has 1 aliphatic rings. The predicted octanol–water partition coefficient (Wildman–Crippen LogP) is 3.89. The summed E-state index contributed by atoms with van der Waals surface area (Å²) in [5.41, 5.74) is 2.09. The van der Waals surface area contributed by atoms with Gasteiger partial charge in [-0.1, -0.05) is 11.6 Å². The summed E-state index contributed by atoms with van der Waals surface area (Å²) in [5.74, 6) is 0.661. The highest BCUT2D eigenvalue weighted by Crippen LogP contribution is 2.27. The van der Waals surface area contributed by atoms with Crippen molar-refractivity contribution in [3.63, 3.8) is 0 Å². The number of nitrogens with one attached hydrogen (secondary N) is 2. The lowest BCUT2D eigenvalue weighted by molar-refractivity contribution is -0.127. The van der Waals surface area contributed by atoms with E-state index < -0.39 is 5.82 Å². The molecule has 8 nitrogen and oxygen atoms in total. The van der Waals surface area contributed by atoms with Crippen LogP contribution in [0, 0.1) is 5.82 Å². The van der Waals surface area contributed by atoms with Gasteiger partial charge in [-0.3, -0.25) is 4.79 Å². The van der Waals surface area contributed by atoms with Gasteiger partial charge in [0.05, 0.1) is 5.02 Å². The molecule has 0 bridgehead atoms. The van der Waals surface area contributed by atoms with Gasteiger partial charge in [-0.05, 0) is 31.0 Å². The van der Waals surface area contributed by atoms with E-state index in [1.807, 2.05) is 4.90 Å². The van der Waals surface area contributed by atoms with Crippen molar-refractivity contribution in [3.8, 4) is 11.1 Å². The maximum Gasteiger partial charge on any atom is 0.229 e. The Morgan fingerprint density at radius 2 is 2.03 bits per heavy atom. The van der Waals surface area contributed by atoms with Crippen molar-refractivity contribution in [3.05, 3.63) is 54.0 Å². The first kappa shape index (κ1) is 20.9. The summed E-state index contributed by atoms with van der Waals surface area (Å²) in [7, 11) is 0. The van der Waals surface area contributed by atoms with Crippen LogP contribution in [0.15, 0.2) is 43.1 Å². The van der Waals surface area contributed by atoms with E-state index in [0.717, 1.165) is 30.5 Å². The monoisotopic (exact) mass is 441 g/mol. The van der Waals surface area contributed by atoms with E-state index >= 15 is 0 Å². The predicted molar refractivity (Wildman–Crippen MR) is 117 cm³/mol. The van der Waals surface area contributed by atoms with Gasteiger partial charge >= 0.3 is 0 Å². The largest absolute Gasteiger partial charge is 0.369 e. The second kappa shape index (κ2) is 9.65. The highest BCUT2D eigenvalue weighted by molar-refractivity contribution is 6.31. The second-order valence-corrected chi connectivity index (χ2v) is 7.51. The molecule has 1 saturated heterocycles. The molecular weight excluding hydrogens is 421 g/mol. The zero-order chi connectivity index (χ0) is 21.6. The molecule has 1 aliphatic heterocycles. The topological polar surface area (TPSA) is 95.9 Å². The Bertz CT molecular complexity index is 1070. The molecule has 4 rings (SSSR count). The van der Waals surface area contributed by atoms with Crippen molar-refractivity contribution in [2.75, 3.05) is 30.3 Å². The van der Waals surface area contributed by atoms with E-state index in [0.29, 0.717) is 37.0 Å². The molecule has 0 radical (unpaired) electrons. The number of hydrogen-bond acceptors (Lipinski definition) is 7. The minimum absolute atomic E-state index is 0.0119. The fraction of sp³-hybridized carbons (Fsp3) is 0.286. The van der Waals surface area contributed by atoms with E-state index in [1.54, 1.807) is 24.7 Å². The van der Waals surface area contributed by atoms with E-state index in [1.165, 1.54) is 18.5 Å². The second-order valence-electron chi connectivity index (χ2n) is 7.10. The molecule has 3 aromatic rings. The Labute approximate surface area is 183 Å². The van der Waals surface area contributed by atoms with Gasteiger partial charge in [0.2, 0.25) is 11.9 Å². The van der Waals surface area contributed by atoms with Gasteiger partial charge in [-0.2, -0.15) is 4.98 Å². The number of anilines is 3. The molecule has 0 atom stereocenters. The summed E-state index contributed by atoms with van der Waals surface area (Å²) in [6, 6.07) is 4.31. The maximum absolute atomic E-state index is 13.4. The average molecular weight is 442 g/mol. The average Bonchev–Trinajstić information content (AvgIpc) is 3.19. The van der Waals surface area contributed by atoms with Crippen LogP contribution in [0.1, 0.15) is 19.3 Å². The van der Waals surface area contributed by atoms with Crippen molar-refractivity contribution in [2.45, 2.75) is 19.3 Å². The zero-order valence-corrected chi connectivity index (χ0v) is 17.4. The van der Waals surface area contributed by atoms with Crippen molar-refractivity contribution >= 4 is 35.0 Å². The Hall–Kier alpha value is -3.33. The number of nitrogens with zero attached hydrogens (tertiary/aromatic N) is 5. The zero-order valence-electron chi connectivity index (χ0n) is 16.7. The van der Waals surface area contributed by atoms with Gasteiger partial charge in [0.1, 0.15) is 18.0 Å². The Balaban J connectivity index is 1.50. The molecule has 2 aromatic heterocycles. The third-order valence-corrected chi connectivity index (χ3v) is 5.19. The smallest absolute Gasteiger partial charge is 0.229 e. The molecule has 0 spiro atoms. The summed E-state index contributed by atoms with van der Waals surface area (Å²) < 4.78 is 13.4. The van der Waals surface area contributed by atoms with E-state index in [4.69, 9.17) is 11.6 Å². The van der Waals surface area contributed by atoms with Crippen molar-refractivity contribution in [1.29, 1.82) is 0 Å². The van der Waals surface area contributed by atoms with Crippen molar-refractivity contribution in [2.24, 2.45) is 0 Å². The summed E-state index contributed by atoms with van der Waals surface area (Å²) in [4.78, 5) is 30.7. The molecule has 2 N–H and O–H groups in total. The normalized spacial score (nSPS) is 13.5. The minimum atomic E-state index is -0.494. The molecule has 160 valence electrons. The molecule has 0 saturated carbocycles.